The van der Waals surface area contributed by atoms with Crippen LogP contribution in [0.2, 0.25) is 0 Å². The van der Waals surface area contributed by atoms with Crippen LogP contribution in [0.15, 0.2) is 12.3 Å². The van der Waals surface area contributed by atoms with E-state index in [0.717, 1.165) is 23.9 Å². The molecule has 2 heterocycles. The van der Waals surface area contributed by atoms with Crippen LogP contribution in [-0.2, 0) is 15.8 Å². The molecule has 1 aromatic rings. The Morgan fingerprint density at radius 3 is 2.75 bits per heavy atom. The third-order valence-electron chi connectivity index (χ3n) is 4.64. The Morgan fingerprint density at radius 1 is 1.42 bits per heavy atom. The summed E-state index contributed by atoms with van der Waals surface area (Å²) in [5, 5.41) is 0. The van der Waals surface area contributed by atoms with E-state index in [1.54, 1.807) is 0 Å². The number of halogens is 3. The number of anilines is 1. The van der Waals surface area contributed by atoms with Gasteiger partial charge in [-0.3, -0.25) is 14.5 Å². The summed E-state index contributed by atoms with van der Waals surface area (Å²) < 4.78 is 38.5. The van der Waals surface area contributed by atoms with E-state index in [9.17, 15) is 22.8 Å². The van der Waals surface area contributed by atoms with Crippen molar-refractivity contribution in [3.05, 3.63) is 24.5 Å². The van der Waals surface area contributed by atoms with E-state index >= 15 is 0 Å². The second-order valence-electron chi connectivity index (χ2n) is 6.20. The highest BCUT2D eigenvalue weighted by Gasteiger charge is 2.54. The minimum Gasteiger partial charge on any atom is -0.368 e. The monoisotopic (exact) mass is 341 g/mol. The molecule has 1 saturated heterocycles. The van der Waals surface area contributed by atoms with Crippen molar-refractivity contribution in [3.8, 4) is 0 Å². The number of rotatable bonds is 2. The fraction of sp³-hybridized carbons (Fsp3) is 0.533. The molecule has 1 aliphatic heterocycles. The first-order chi connectivity index (χ1) is 11.2. The summed E-state index contributed by atoms with van der Waals surface area (Å²) in [5.41, 5.74) is 4.62. The molecule has 0 aromatic carbocycles. The molecule has 2 atom stereocenters. The first kappa shape index (κ1) is 16.7. The van der Waals surface area contributed by atoms with Gasteiger partial charge in [-0.15, -0.1) is 0 Å². The van der Waals surface area contributed by atoms with Crippen LogP contribution >= 0.6 is 0 Å². The number of amides is 2. The smallest absolute Gasteiger partial charge is 0.368 e. The number of aromatic nitrogens is 2. The van der Waals surface area contributed by atoms with Crippen molar-refractivity contribution in [1.29, 1.82) is 0 Å². The lowest BCUT2D eigenvalue weighted by atomic mass is 9.72. The van der Waals surface area contributed by atoms with Gasteiger partial charge in [0.15, 0.2) is 0 Å². The first-order valence-electron chi connectivity index (χ1n) is 7.59. The topological polar surface area (TPSA) is 89.2 Å². The number of nitrogens with two attached hydrogens (primary N) is 1. The molecule has 1 saturated carbocycles. The molecule has 1 aromatic heterocycles. The van der Waals surface area contributed by atoms with Crippen molar-refractivity contribution in [2.45, 2.75) is 44.3 Å². The van der Waals surface area contributed by atoms with Crippen molar-refractivity contribution in [2.24, 2.45) is 11.1 Å². The predicted octanol–water partition coefficient (Wildman–Crippen LogP) is 1.85. The van der Waals surface area contributed by atoms with Gasteiger partial charge in [-0.2, -0.15) is 13.2 Å². The highest BCUT2D eigenvalue weighted by atomic mass is 19.4. The van der Waals surface area contributed by atoms with Gasteiger partial charge in [0, 0.05) is 6.20 Å². The normalized spacial score (nSPS) is 23.7. The Morgan fingerprint density at radius 2 is 2.17 bits per heavy atom. The van der Waals surface area contributed by atoms with Gasteiger partial charge >= 0.3 is 6.18 Å². The molecule has 2 aliphatic rings. The third-order valence-corrected chi connectivity index (χ3v) is 4.64. The summed E-state index contributed by atoms with van der Waals surface area (Å²) >= 11 is 0. The molecule has 0 bridgehead atoms. The van der Waals surface area contributed by atoms with E-state index < -0.39 is 35.3 Å². The van der Waals surface area contributed by atoms with Crippen molar-refractivity contribution in [1.82, 2.24) is 9.97 Å². The van der Waals surface area contributed by atoms with Gasteiger partial charge < -0.3 is 5.73 Å². The Bertz CT molecular complexity index is 671. The van der Waals surface area contributed by atoms with Gasteiger partial charge in [0.1, 0.15) is 11.9 Å². The van der Waals surface area contributed by atoms with Gasteiger partial charge in [0.25, 0.3) is 0 Å². The zero-order valence-corrected chi connectivity index (χ0v) is 12.7. The van der Waals surface area contributed by atoms with Gasteiger partial charge in [-0.05, 0) is 31.7 Å². The molecule has 1 radical (unpaired) electrons. The molecule has 2 N–H and O–H groups in total. The molecule has 1 unspecified atom stereocenters. The van der Waals surface area contributed by atoms with Crippen LogP contribution in [-0.4, -0.2) is 27.8 Å². The van der Waals surface area contributed by atoms with E-state index in [1.807, 2.05) is 6.42 Å². The van der Waals surface area contributed by atoms with Crippen LogP contribution in [0.4, 0.5) is 19.0 Å². The van der Waals surface area contributed by atoms with Gasteiger partial charge in [0.2, 0.25) is 17.6 Å². The Labute approximate surface area is 136 Å². The Hall–Kier alpha value is -2.19. The van der Waals surface area contributed by atoms with Crippen molar-refractivity contribution in [2.75, 3.05) is 4.90 Å². The number of alkyl halides is 3. The molecular formula is C15H16F3N4O2. The van der Waals surface area contributed by atoms with E-state index in [2.05, 4.69) is 9.97 Å². The first-order valence-corrected chi connectivity index (χ1v) is 7.59. The maximum Gasteiger partial charge on any atom is 0.451 e. The summed E-state index contributed by atoms with van der Waals surface area (Å²) in [7, 11) is 0. The zero-order chi connectivity index (χ0) is 17.5. The predicted molar refractivity (Wildman–Crippen MR) is 77.3 cm³/mol. The highest BCUT2D eigenvalue weighted by molar-refractivity contribution is 6.06. The fourth-order valence-corrected chi connectivity index (χ4v) is 3.50. The second-order valence-corrected chi connectivity index (χ2v) is 6.20. The molecule has 6 nitrogen and oxygen atoms in total. The second kappa shape index (κ2) is 5.71. The van der Waals surface area contributed by atoms with Gasteiger partial charge in [0.05, 0.1) is 5.41 Å². The maximum atomic E-state index is 12.9. The number of nitrogens with zero attached hydrogens (tertiary/aromatic N) is 3. The Kier molecular flexibility index (Phi) is 3.97. The lowest BCUT2D eigenvalue weighted by Gasteiger charge is -2.31. The van der Waals surface area contributed by atoms with E-state index in [1.165, 1.54) is 6.07 Å². The lowest BCUT2D eigenvalue weighted by molar-refractivity contribution is -0.145. The van der Waals surface area contributed by atoms with Crippen LogP contribution < -0.4 is 10.6 Å². The van der Waals surface area contributed by atoms with E-state index in [4.69, 9.17) is 5.73 Å². The molecular weight excluding hydrogens is 325 g/mol. The quantitative estimate of drug-likeness (QED) is 0.889. The number of carbonyl (C=O) groups excluding carboxylic acids is 2. The average molecular weight is 341 g/mol. The molecule has 3 rings (SSSR count). The molecule has 1 spiro atoms. The molecule has 2 amide bonds. The van der Waals surface area contributed by atoms with Crippen LogP contribution in [0.3, 0.4) is 0 Å². The van der Waals surface area contributed by atoms with Crippen molar-refractivity contribution in [3.63, 3.8) is 0 Å². The summed E-state index contributed by atoms with van der Waals surface area (Å²) in [6.45, 7) is 0. The van der Waals surface area contributed by atoms with Crippen LogP contribution in [0.1, 0.15) is 37.9 Å². The van der Waals surface area contributed by atoms with Crippen LogP contribution in [0.5, 0.6) is 0 Å². The lowest BCUT2D eigenvalue weighted by Crippen LogP contribution is -2.44. The molecule has 9 heteroatoms. The number of hydrogen-bond donors (Lipinski definition) is 1. The summed E-state index contributed by atoms with van der Waals surface area (Å²) in [4.78, 5) is 32.3. The van der Waals surface area contributed by atoms with Gasteiger partial charge in [-0.25, -0.2) is 9.97 Å². The molecule has 129 valence electrons. The summed E-state index contributed by atoms with van der Waals surface area (Å²) in [5.74, 6) is -2.74. The zero-order valence-electron chi connectivity index (χ0n) is 12.7. The highest BCUT2D eigenvalue weighted by Crippen LogP contribution is 2.48. The molecule has 24 heavy (non-hydrogen) atoms. The maximum absolute atomic E-state index is 12.9. The standard InChI is InChI=1S/C15H16F3N4O2/c16-15(17,18)12-20-7-4-10(21-12)22-9(11(19)23)8-14(13(22)24)5-2-1-3-6-14/h2,4,7,9H,1,3,5-6,8H2,(H2,19,23)/t9?,14-/m1/s1. The third kappa shape index (κ3) is 2.71. The van der Waals surface area contributed by atoms with Gasteiger partial charge in [-0.1, -0.05) is 12.8 Å². The summed E-state index contributed by atoms with van der Waals surface area (Å²) in [6.07, 6.45) is 1.10. The SMILES string of the molecule is NC(=O)C1C[C@]2(C[CH]CCC2)C(=O)N1c1ccnc(C(F)(F)F)n1. The Balaban J connectivity index is 2.01. The van der Waals surface area contributed by atoms with Crippen LogP contribution in [0, 0.1) is 11.8 Å². The number of carbonyl (C=O) groups is 2. The van der Waals surface area contributed by atoms with Crippen molar-refractivity contribution >= 4 is 17.6 Å². The van der Waals surface area contributed by atoms with E-state index in [-0.39, 0.29) is 12.2 Å². The largest absolute Gasteiger partial charge is 0.451 e. The molecule has 1 aliphatic carbocycles. The number of hydrogen-bond acceptors (Lipinski definition) is 4. The number of primary amides is 1. The van der Waals surface area contributed by atoms with E-state index in [0.29, 0.717) is 12.8 Å². The molecule has 2 fully saturated rings. The van der Waals surface area contributed by atoms with Crippen molar-refractivity contribution < 1.29 is 22.8 Å². The average Bonchev–Trinajstić information content (AvgIpc) is 2.81. The minimum atomic E-state index is -4.74. The summed E-state index contributed by atoms with van der Waals surface area (Å²) in [6, 6.07) is 0.189. The minimum absolute atomic E-state index is 0.197. The van der Waals surface area contributed by atoms with Crippen LogP contribution in [0.25, 0.3) is 0 Å². The fourth-order valence-electron chi connectivity index (χ4n) is 3.50.